The molecule has 1 aromatic heterocycles. The van der Waals surface area contributed by atoms with Gasteiger partial charge in [-0.25, -0.2) is 9.37 Å². The minimum Gasteiger partial charge on any atom is -0.326 e. The molecule has 7 heteroatoms. The minimum atomic E-state index is -4.73. The summed E-state index contributed by atoms with van der Waals surface area (Å²) in [5.41, 5.74) is -1.17. The van der Waals surface area contributed by atoms with Gasteiger partial charge in [-0.2, -0.15) is 13.2 Å². The van der Waals surface area contributed by atoms with E-state index in [4.69, 9.17) is 0 Å². The van der Waals surface area contributed by atoms with E-state index in [1.165, 1.54) is 12.3 Å². The molecular formula is C13H13F4N3. The lowest BCUT2D eigenvalue weighted by atomic mass is 10.2. The fourth-order valence-corrected chi connectivity index (χ4v) is 1.78. The van der Waals surface area contributed by atoms with Crippen molar-refractivity contribution in [2.45, 2.75) is 26.1 Å². The van der Waals surface area contributed by atoms with Crippen LogP contribution in [0.1, 0.15) is 25.5 Å². The first-order valence-electron chi connectivity index (χ1n) is 5.95. The van der Waals surface area contributed by atoms with Gasteiger partial charge in [-0.1, -0.05) is 0 Å². The van der Waals surface area contributed by atoms with Crippen LogP contribution in [0.15, 0.2) is 30.6 Å². The number of hydrogen-bond acceptors (Lipinski definition) is 2. The SMILES string of the molecule is CC(C)n1ccnc1Nc1ccc(F)c(C(F)(F)F)c1. The van der Waals surface area contributed by atoms with Gasteiger partial charge in [0.2, 0.25) is 5.95 Å². The molecule has 0 spiro atoms. The number of anilines is 2. The van der Waals surface area contributed by atoms with Crippen molar-refractivity contribution in [1.29, 1.82) is 0 Å². The fraction of sp³-hybridized carbons (Fsp3) is 0.308. The molecule has 0 atom stereocenters. The number of aromatic nitrogens is 2. The van der Waals surface area contributed by atoms with Gasteiger partial charge < -0.3 is 9.88 Å². The number of nitrogens with one attached hydrogen (secondary N) is 1. The second kappa shape index (κ2) is 5.15. The summed E-state index contributed by atoms with van der Waals surface area (Å²) in [6, 6.07) is 2.86. The Labute approximate surface area is 113 Å². The van der Waals surface area contributed by atoms with Gasteiger partial charge in [0, 0.05) is 24.1 Å². The molecule has 3 nitrogen and oxygen atoms in total. The predicted molar refractivity (Wildman–Crippen MR) is 67.3 cm³/mol. The van der Waals surface area contributed by atoms with Crippen LogP contribution in [-0.4, -0.2) is 9.55 Å². The summed E-state index contributed by atoms with van der Waals surface area (Å²) >= 11 is 0. The van der Waals surface area contributed by atoms with Gasteiger partial charge in [0.15, 0.2) is 0 Å². The van der Waals surface area contributed by atoms with E-state index >= 15 is 0 Å². The number of nitrogens with zero attached hydrogens (tertiary/aromatic N) is 2. The number of rotatable bonds is 3. The Morgan fingerprint density at radius 2 is 1.95 bits per heavy atom. The second-order valence-corrected chi connectivity index (χ2v) is 4.57. The number of hydrogen-bond donors (Lipinski definition) is 1. The average Bonchev–Trinajstić information content (AvgIpc) is 2.78. The Bertz CT molecular complexity index is 602. The Morgan fingerprint density at radius 1 is 1.25 bits per heavy atom. The lowest BCUT2D eigenvalue weighted by molar-refractivity contribution is -0.139. The monoisotopic (exact) mass is 287 g/mol. The van der Waals surface area contributed by atoms with Gasteiger partial charge in [0.25, 0.3) is 0 Å². The summed E-state index contributed by atoms with van der Waals surface area (Å²) in [4.78, 5) is 4.02. The molecule has 1 heterocycles. The highest BCUT2D eigenvalue weighted by Gasteiger charge is 2.34. The first-order valence-corrected chi connectivity index (χ1v) is 5.95. The Hall–Kier alpha value is -2.05. The summed E-state index contributed by atoms with van der Waals surface area (Å²) < 4.78 is 52.8. The first-order chi connectivity index (χ1) is 9.29. The highest BCUT2D eigenvalue weighted by molar-refractivity contribution is 5.55. The summed E-state index contributed by atoms with van der Waals surface area (Å²) in [7, 11) is 0. The van der Waals surface area contributed by atoms with Crippen LogP contribution in [0.5, 0.6) is 0 Å². The summed E-state index contributed by atoms with van der Waals surface area (Å²) in [5.74, 6) is -0.894. The lowest BCUT2D eigenvalue weighted by Crippen LogP contribution is -2.10. The van der Waals surface area contributed by atoms with E-state index in [1.54, 1.807) is 10.8 Å². The maximum Gasteiger partial charge on any atom is 0.419 e. The average molecular weight is 287 g/mol. The van der Waals surface area contributed by atoms with Gasteiger partial charge >= 0.3 is 6.18 Å². The van der Waals surface area contributed by atoms with Crippen molar-refractivity contribution >= 4 is 11.6 Å². The molecule has 20 heavy (non-hydrogen) atoms. The Morgan fingerprint density at radius 3 is 2.55 bits per heavy atom. The van der Waals surface area contributed by atoms with Crippen LogP contribution in [0.2, 0.25) is 0 Å². The van der Waals surface area contributed by atoms with Gasteiger partial charge in [-0.3, -0.25) is 0 Å². The standard InChI is InChI=1S/C13H13F4N3/c1-8(2)20-6-5-18-12(20)19-9-3-4-11(14)10(7-9)13(15,16)17/h3-8H,1-2H3,(H,18,19). The van der Waals surface area contributed by atoms with Crippen molar-refractivity contribution in [1.82, 2.24) is 9.55 Å². The molecule has 0 saturated carbocycles. The summed E-state index contributed by atoms with van der Waals surface area (Å²) in [6.07, 6.45) is -1.48. The van der Waals surface area contributed by atoms with Crippen molar-refractivity contribution < 1.29 is 17.6 Å². The molecule has 0 amide bonds. The van der Waals surface area contributed by atoms with Gasteiger partial charge in [0.05, 0.1) is 5.56 Å². The smallest absolute Gasteiger partial charge is 0.326 e. The molecule has 0 fully saturated rings. The van der Waals surface area contributed by atoms with Crippen LogP contribution in [-0.2, 0) is 6.18 Å². The van der Waals surface area contributed by atoms with Gasteiger partial charge in [-0.05, 0) is 32.0 Å². The van der Waals surface area contributed by atoms with Crippen LogP contribution < -0.4 is 5.32 Å². The quantitative estimate of drug-likeness (QED) is 0.850. The molecule has 0 aliphatic carbocycles. The molecule has 0 aliphatic heterocycles. The van der Waals surface area contributed by atoms with E-state index < -0.39 is 17.6 Å². The fourth-order valence-electron chi connectivity index (χ4n) is 1.78. The third-order valence-electron chi connectivity index (χ3n) is 2.75. The summed E-state index contributed by atoms with van der Waals surface area (Å²) in [5, 5.41) is 2.76. The van der Waals surface area contributed by atoms with Crippen LogP contribution in [0.4, 0.5) is 29.2 Å². The topological polar surface area (TPSA) is 29.9 Å². The van der Waals surface area contributed by atoms with Crippen molar-refractivity contribution in [3.8, 4) is 0 Å². The lowest BCUT2D eigenvalue weighted by Gasteiger charge is -2.14. The van der Waals surface area contributed by atoms with Crippen LogP contribution in [0.25, 0.3) is 0 Å². The normalized spacial score (nSPS) is 11.9. The zero-order valence-corrected chi connectivity index (χ0v) is 10.9. The molecule has 0 saturated heterocycles. The predicted octanol–water partition coefficient (Wildman–Crippen LogP) is 4.37. The first kappa shape index (κ1) is 14.4. The van der Waals surface area contributed by atoms with E-state index in [9.17, 15) is 17.6 Å². The Kier molecular flexibility index (Phi) is 3.69. The van der Waals surface area contributed by atoms with E-state index in [-0.39, 0.29) is 11.7 Å². The highest BCUT2D eigenvalue weighted by atomic mass is 19.4. The third kappa shape index (κ3) is 2.92. The molecule has 2 rings (SSSR count). The minimum absolute atomic E-state index is 0.0996. The molecule has 2 aromatic rings. The van der Waals surface area contributed by atoms with Crippen molar-refractivity contribution in [3.63, 3.8) is 0 Å². The zero-order valence-electron chi connectivity index (χ0n) is 10.9. The van der Waals surface area contributed by atoms with Gasteiger partial charge in [0.1, 0.15) is 5.82 Å². The molecule has 0 bridgehead atoms. The van der Waals surface area contributed by atoms with Crippen molar-refractivity contribution in [2.75, 3.05) is 5.32 Å². The van der Waals surface area contributed by atoms with E-state index in [2.05, 4.69) is 10.3 Å². The number of imidazole rings is 1. The molecular weight excluding hydrogens is 274 g/mol. The molecule has 0 aliphatic rings. The molecule has 1 N–H and O–H groups in total. The van der Waals surface area contributed by atoms with Crippen molar-refractivity contribution in [3.05, 3.63) is 42.0 Å². The third-order valence-corrected chi connectivity index (χ3v) is 2.75. The van der Waals surface area contributed by atoms with Crippen LogP contribution in [0.3, 0.4) is 0 Å². The molecule has 1 aromatic carbocycles. The van der Waals surface area contributed by atoms with Crippen LogP contribution in [0, 0.1) is 5.82 Å². The summed E-state index contributed by atoms with van der Waals surface area (Å²) in [6.45, 7) is 3.83. The van der Waals surface area contributed by atoms with Crippen LogP contribution >= 0.6 is 0 Å². The second-order valence-electron chi connectivity index (χ2n) is 4.57. The van der Waals surface area contributed by atoms with Gasteiger partial charge in [-0.15, -0.1) is 0 Å². The molecule has 0 unspecified atom stereocenters. The molecule has 0 radical (unpaired) electrons. The van der Waals surface area contributed by atoms with Crippen molar-refractivity contribution in [2.24, 2.45) is 0 Å². The Balaban J connectivity index is 2.33. The maximum absolute atomic E-state index is 13.2. The number of alkyl halides is 3. The van der Waals surface area contributed by atoms with E-state index in [0.717, 1.165) is 12.1 Å². The maximum atomic E-state index is 13.2. The number of halogens is 4. The highest BCUT2D eigenvalue weighted by Crippen LogP contribution is 2.33. The largest absolute Gasteiger partial charge is 0.419 e. The van der Waals surface area contributed by atoms with E-state index in [1.807, 2.05) is 13.8 Å². The van der Waals surface area contributed by atoms with E-state index in [0.29, 0.717) is 5.95 Å². The zero-order chi connectivity index (χ0) is 14.9. The number of benzene rings is 1. The molecule has 108 valence electrons.